The fraction of sp³-hybridized carbons (Fsp3) is 0.300. The van der Waals surface area contributed by atoms with Crippen LogP contribution in [0.3, 0.4) is 0 Å². The van der Waals surface area contributed by atoms with Crippen LogP contribution >= 0.6 is 0 Å². The van der Waals surface area contributed by atoms with E-state index in [9.17, 15) is 0 Å². The smallest absolute Gasteiger partial charge is 0.146 e. The Hall–Kier alpha value is -1.69. The molecular formula is C10H10N2O. The quantitative estimate of drug-likeness (QED) is 0.608. The van der Waals surface area contributed by atoms with Crippen molar-refractivity contribution in [1.29, 1.82) is 5.26 Å². The Morgan fingerprint density at radius 1 is 1.54 bits per heavy atom. The predicted octanol–water partition coefficient (Wildman–Crippen LogP) is 1.66. The van der Waals surface area contributed by atoms with Gasteiger partial charge in [-0.1, -0.05) is 12.1 Å². The second-order valence-electron chi connectivity index (χ2n) is 3.08. The number of nitriles is 1. The van der Waals surface area contributed by atoms with Gasteiger partial charge in [0.25, 0.3) is 0 Å². The van der Waals surface area contributed by atoms with Crippen molar-refractivity contribution >= 4 is 5.69 Å². The lowest BCUT2D eigenvalue weighted by Gasteiger charge is -2.22. The van der Waals surface area contributed by atoms with E-state index in [2.05, 4.69) is 6.07 Å². The average Bonchev–Trinajstić information content (AvgIpc) is 2.18. The number of hydrogen-bond donors (Lipinski definition) is 1. The maximum absolute atomic E-state index is 8.88. The van der Waals surface area contributed by atoms with Crippen LogP contribution in [0, 0.1) is 11.3 Å². The van der Waals surface area contributed by atoms with Gasteiger partial charge in [0.15, 0.2) is 0 Å². The summed E-state index contributed by atoms with van der Waals surface area (Å²) in [5.74, 6) is 0.632. The average molecular weight is 174 g/mol. The number of rotatable bonds is 0. The van der Waals surface area contributed by atoms with Gasteiger partial charge in [-0.05, 0) is 6.07 Å². The molecule has 0 amide bonds. The van der Waals surface area contributed by atoms with Crippen molar-refractivity contribution in [3.63, 3.8) is 0 Å². The Morgan fingerprint density at radius 3 is 3.15 bits per heavy atom. The zero-order chi connectivity index (χ0) is 9.26. The predicted molar refractivity (Wildman–Crippen MR) is 49.3 cm³/mol. The Labute approximate surface area is 76.7 Å². The van der Waals surface area contributed by atoms with Gasteiger partial charge in [0, 0.05) is 12.0 Å². The Morgan fingerprint density at radius 2 is 2.38 bits per heavy atom. The monoisotopic (exact) mass is 174 g/mol. The number of benzene rings is 1. The summed E-state index contributed by atoms with van der Waals surface area (Å²) in [6, 6.07) is 7.80. The Balaban J connectivity index is 2.53. The van der Waals surface area contributed by atoms with Crippen molar-refractivity contribution in [2.75, 3.05) is 12.3 Å². The number of anilines is 1. The normalized spacial score (nSPS) is 19.8. The fourth-order valence-corrected chi connectivity index (χ4v) is 1.58. The molecule has 13 heavy (non-hydrogen) atoms. The first-order chi connectivity index (χ1) is 6.33. The van der Waals surface area contributed by atoms with Gasteiger partial charge in [-0.2, -0.15) is 5.26 Å². The summed E-state index contributed by atoms with van der Waals surface area (Å²) >= 11 is 0. The van der Waals surface area contributed by atoms with E-state index in [4.69, 9.17) is 15.7 Å². The van der Waals surface area contributed by atoms with Gasteiger partial charge < -0.3 is 10.5 Å². The molecule has 1 aliphatic rings. The summed E-state index contributed by atoms with van der Waals surface area (Å²) in [5, 5.41) is 8.88. The zero-order valence-corrected chi connectivity index (χ0v) is 7.16. The molecule has 3 heteroatoms. The minimum absolute atomic E-state index is 0.0627. The first-order valence-corrected chi connectivity index (χ1v) is 4.23. The van der Waals surface area contributed by atoms with Gasteiger partial charge in [-0.25, -0.2) is 0 Å². The molecule has 66 valence electrons. The Kier molecular flexibility index (Phi) is 1.82. The third kappa shape index (κ3) is 1.20. The second kappa shape index (κ2) is 2.98. The van der Waals surface area contributed by atoms with E-state index in [0.717, 1.165) is 12.0 Å². The van der Waals surface area contributed by atoms with E-state index >= 15 is 0 Å². The molecule has 1 unspecified atom stereocenters. The SMILES string of the molecule is N#CC1CCOc2c(N)cccc21. The van der Waals surface area contributed by atoms with Crippen LogP contribution in [0.5, 0.6) is 5.75 Å². The van der Waals surface area contributed by atoms with Crippen LogP contribution in [0.1, 0.15) is 17.9 Å². The van der Waals surface area contributed by atoms with Crippen LogP contribution in [0.15, 0.2) is 18.2 Å². The topological polar surface area (TPSA) is 59.0 Å². The highest BCUT2D eigenvalue weighted by atomic mass is 16.5. The van der Waals surface area contributed by atoms with Crippen LogP contribution in [-0.4, -0.2) is 6.61 Å². The van der Waals surface area contributed by atoms with Crippen molar-refractivity contribution in [2.24, 2.45) is 0 Å². The molecule has 0 radical (unpaired) electrons. The molecule has 1 aromatic rings. The lowest BCUT2D eigenvalue weighted by Crippen LogP contribution is -2.14. The number of nitrogen functional groups attached to an aromatic ring is 1. The van der Waals surface area contributed by atoms with E-state index in [1.165, 1.54) is 0 Å². The van der Waals surface area contributed by atoms with E-state index in [0.29, 0.717) is 18.0 Å². The van der Waals surface area contributed by atoms with E-state index < -0.39 is 0 Å². The molecule has 0 saturated carbocycles. The van der Waals surface area contributed by atoms with Crippen LogP contribution in [0.4, 0.5) is 5.69 Å². The molecule has 1 aliphatic heterocycles. The number of hydrogen-bond acceptors (Lipinski definition) is 3. The van der Waals surface area contributed by atoms with Crippen LogP contribution in [0.25, 0.3) is 0 Å². The first kappa shape index (κ1) is 7.93. The van der Waals surface area contributed by atoms with Gasteiger partial charge in [0.2, 0.25) is 0 Å². The molecule has 1 atom stereocenters. The first-order valence-electron chi connectivity index (χ1n) is 4.23. The fourth-order valence-electron chi connectivity index (χ4n) is 1.58. The summed E-state index contributed by atoms with van der Waals surface area (Å²) in [6.07, 6.45) is 0.757. The van der Waals surface area contributed by atoms with Gasteiger partial charge in [-0.3, -0.25) is 0 Å². The highest BCUT2D eigenvalue weighted by Crippen LogP contribution is 2.36. The standard InChI is InChI=1S/C10H10N2O/c11-6-7-4-5-13-10-8(7)2-1-3-9(10)12/h1-3,7H,4-5,12H2. The van der Waals surface area contributed by atoms with Gasteiger partial charge in [0.05, 0.1) is 24.3 Å². The number of nitrogens with two attached hydrogens (primary N) is 1. The summed E-state index contributed by atoms with van der Waals surface area (Å²) in [4.78, 5) is 0. The molecule has 0 aliphatic carbocycles. The van der Waals surface area contributed by atoms with Crippen molar-refractivity contribution in [1.82, 2.24) is 0 Å². The molecule has 2 rings (SSSR count). The van der Waals surface area contributed by atoms with Crippen LogP contribution in [0.2, 0.25) is 0 Å². The van der Waals surface area contributed by atoms with Crippen molar-refractivity contribution in [3.05, 3.63) is 23.8 Å². The molecule has 0 aromatic heterocycles. The van der Waals surface area contributed by atoms with E-state index in [-0.39, 0.29) is 5.92 Å². The molecule has 2 N–H and O–H groups in total. The summed E-state index contributed by atoms with van der Waals surface area (Å²) in [5.41, 5.74) is 7.27. The largest absolute Gasteiger partial charge is 0.491 e. The summed E-state index contributed by atoms with van der Waals surface area (Å²) in [6.45, 7) is 0.583. The van der Waals surface area contributed by atoms with Crippen molar-refractivity contribution in [3.8, 4) is 11.8 Å². The van der Waals surface area contributed by atoms with Gasteiger partial charge >= 0.3 is 0 Å². The summed E-state index contributed by atoms with van der Waals surface area (Å²) in [7, 11) is 0. The summed E-state index contributed by atoms with van der Waals surface area (Å²) < 4.78 is 5.41. The third-order valence-electron chi connectivity index (χ3n) is 2.26. The Bertz CT molecular complexity index is 368. The van der Waals surface area contributed by atoms with E-state index in [1.54, 1.807) is 6.07 Å². The molecular weight excluding hydrogens is 164 g/mol. The molecule has 0 bridgehead atoms. The molecule has 1 aromatic carbocycles. The lowest BCUT2D eigenvalue weighted by atomic mass is 9.94. The molecule has 0 saturated heterocycles. The highest BCUT2D eigenvalue weighted by Gasteiger charge is 2.22. The zero-order valence-electron chi connectivity index (χ0n) is 7.16. The van der Waals surface area contributed by atoms with Crippen molar-refractivity contribution < 1.29 is 4.74 Å². The van der Waals surface area contributed by atoms with Gasteiger partial charge in [0.1, 0.15) is 5.75 Å². The minimum Gasteiger partial charge on any atom is -0.491 e. The number of fused-ring (bicyclic) bond motifs is 1. The second-order valence-corrected chi connectivity index (χ2v) is 3.08. The van der Waals surface area contributed by atoms with E-state index in [1.807, 2.05) is 12.1 Å². The maximum atomic E-state index is 8.88. The highest BCUT2D eigenvalue weighted by molar-refractivity contribution is 5.59. The molecule has 3 nitrogen and oxygen atoms in total. The molecule has 0 spiro atoms. The van der Waals surface area contributed by atoms with Gasteiger partial charge in [-0.15, -0.1) is 0 Å². The van der Waals surface area contributed by atoms with Crippen LogP contribution in [-0.2, 0) is 0 Å². The van der Waals surface area contributed by atoms with Crippen molar-refractivity contribution in [2.45, 2.75) is 12.3 Å². The number of para-hydroxylation sites is 1. The number of ether oxygens (including phenoxy) is 1. The molecule has 1 heterocycles. The number of nitrogens with zero attached hydrogens (tertiary/aromatic N) is 1. The lowest BCUT2D eigenvalue weighted by molar-refractivity contribution is 0.282. The van der Waals surface area contributed by atoms with Crippen LogP contribution < -0.4 is 10.5 Å². The minimum atomic E-state index is -0.0627. The maximum Gasteiger partial charge on any atom is 0.146 e. The molecule has 0 fully saturated rings. The third-order valence-corrected chi connectivity index (χ3v) is 2.26.